The molecule has 4 rings (SSSR count). The molecule has 0 radical (unpaired) electrons. The average molecular weight is 281 g/mol. The van der Waals surface area contributed by atoms with Gasteiger partial charge in [-0.25, -0.2) is 9.59 Å². The van der Waals surface area contributed by atoms with Crippen molar-refractivity contribution in [2.24, 2.45) is 5.92 Å². The molecule has 3 aliphatic rings. The summed E-state index contributed by atoms with van der Waals surface area (Å²) in [5, 5.41) is 18.6. The van der Waals surface area contributed by atoms with Crippen LogP contribution >= 0.6 is 0 Å². The van der Waals surface area contributed by atoms with Gasteiger partial charge in [0.25, 0.3) is 6.29 Å². The molecule has 0 saturated heterocycles. The van der Waals surface area contributed by atoms with Gasteiger partial charge in [-0.2, -0.15) is 0 Å². The fraction of sp³-hybridized carbons (Fsp3) is 0.385. The molecule has 0 spiro atoms. The van der Waals surface area contributed by atoms with Crippen LogP contribution in [-0.2, 0) is 4.79 Å². The number of amides is 1. The second-order valence-corrected chi connectivity index (χ2v) is 4.78. The second kappa shape index (κ2) is 5.28. The van der Waals surface area contributed by atoms with Crippen LogP contribution in [0.2, 0.25) is 0 Å². The van der Waals surface area contributed by atoms with Gasteiger partial charge in [-0.3, -0.25) is 0 Å². The first-order valence-corrected chi connectivity index (χ1v) is 6.08. The standard InChI is InChI=1S/C7H4O2.C6H11NO4/c1-2-5-6-3-4(1)7(8-5)9-6;1-3(2)4(5(8)9)7-6(10)11/h1-3,7H;3-4,7H,1-2H3,(H,8,9)(H,10,11). The van der Waals surface area contributed by atoms with Crippen molar-refractivity contribution in [1.29, 1.82) is 0 Å². The van der Waals surface area contributed by atoms with Gasteiger partial charge < -0.3 is 25.0 Å². The highest BCUT2D eigenvalue weighted by molar-refractivity contribution is 5.79. The van der Waals surface area contributed by atoms with Gasteiger partial charge in [-0.15, -0.1) is 0 Å². The topological polar surface area (TPSA) is 105 Å². The molecule has 2 atom stereocenters. The third-order valence-electron chi connectivity index (χ3n) is 2.92. The first-order valence-electron chi connectivity index (χ1n) is 6.08. The Morgan fingerprint density at radius 3 is 2.10 bits per heavy atom. The fourth-order valence-corrected chi connectivity index (χ4v) is 1.90. The van der Waals surface area contributed by atoms with E-state index in [4.69, 9.17) is 19.7 Å². The number of nitrogens with one attached hydrogen (secondary N) is 1. The fourth-order valence-electron chi connectivity index (χ4n) is 1.90. The van der Waals surface area contributed by atoms with Gasteiger partial charge in [-0.1, -0.05) is 13.8 Å². The predicted octanol–water partition coefficient (Wildman–Crippen LogP) is 1.83. The van der Waals surface area contributed by atoms with E-state index in [0.29, 0.717) is 0 Å². The number of aliphatic carboxylic acids is 1. The molecule has 108 valence electrons. The third-order valence-corrected chi connectivity index (χ3v) is 2.92. The first-order chi connectivity index (χ1) is 9.38. The Morgan fingerprint density at radius 2 is 1.85 bits per heavy atom. The molecular formula is C13H15NO6. The summed E-state index contributed by atoms with van der Waals surface area (Å²) in [5.41, 5.74) is 1.14. The van der Waals surface area contributed by atoms with E-state index in [0.717, 1.165) is 17.1 Å². The SMILES string of the molecule is CC(C)C(NC(=O)O)C(=O)O.c1cc2c3cc1C(O2)O3. The molecule has 7 nitrogen and oxygen atoms in total. The summed E-state index contributed by atoms with van der Waals surface area (Å²) in [6, 6.07) is 4.96. The Kier molecular flexibility index (Phi) is 3.69. The third kappa shape index (κ3) is 2.76. The maximum atomic E-state index is 10.4. The molecule has 0 aromatic heterocycles. The number of hydrogen-bond acceptors (Lipinski definition) is 4. The summed E-state index contributed by atoms with van der Waals surface area (Å²) in [6.07, 6.45) is -1.41. The molecule has 0 aliphatic carbocycles. The van der Waals surface area contributed by atoms with Crippen molar-refractivity contribution in [2.45, 2.75) is 26.2 Å². The number of hydrogen-bond donors (Lipinski definition) is 3. The predicted molar refractivity (Wildman–Crippen MR) is 67.9 cm³/mol. The molecule has 20 heavy (non-hydrogen) atoms. The highest BCUT2D eigenvalue weighted by Crippen LogP contribution is 2.47. The average Bonchev–Trinajstić information content (AvgIpc) is 2.91. The zero-order valence-electron chi connectivity index (χ0n) is 11.0. The van der Waals surface area contributed by atoms with Crippen LogP contribution in [0.3, 0.4) is 0 Å². The normalized spacial score (nSPS) is 17.9. The van der Waals surface area contributed by atoms with Crippen LogP contribution < -0.4 is 14.8 Å². The second-order valence-electron chi connectivity index (χ2n) is 4.78. The van der Waals surface area contributed by atoms with Crippen LogP contribution in [0.1, 0.15) is 25.7 Å². The van der Waals surface area contributed by atoms with E-state index >= 15 is 0 Å². The lowest BCUT2D eigenvalue weighted by atomic mass is 10.1. The Bertz CT molecular complexity index is 542. The number of carboxylic acid groups (broad SMARTS) is 2. The van der Waals surface area contributed by atoms with E-state index in [9.17, 15) is 9.59 Å². The number of carboxylic acids is 1. The lowest BCUT2D eigenvalue weighted by Crippen LogP contribution is -2.43. The minimum absolute atomic E-state index is 0.0972. The van der Waals surface area contributed by atoms with Gasteiger partial charge in [0.2, 0.25) is 0 Å². The Balaban J connectivity index is 0.000000148. The van der Waals surface area contributed by atoms with Gasteiger partial charge in [0.05, 0.1) is 0 Å². The van der Waals surface area contributed by atoms with Crippen molar-refractivity contribution in [2.75, 3.05) is 0 Å². The van der Waals surface area contributed by atoms with Gasteiger partial charge in [0.15, 0.2) is 11.5 Å². The van der Waals surface area contributed by atoms with Gasteiger partial charge in [0.1, 0.15) is 6.04 Å². The number of benzene rings is 1. The summed E-state index contributed by atoms with van der Waals surface area (Å²) in [5.74, 6) is 0.388. The maximum Gasteiger partial charge on any atom is 0.405 e. The number of fused-ring (bicyclic) bond motifs is 1. The van der Waals surface area contributed by atoms with Crippen LogP contribution in [0, 0.1) is 5.92 Å². The molecule has 2 unspecified atom stereocenters. The quantitative estimate of drug-likeness (QED) is 0.780. The molecule has 4 bridgehead atoms. The zero-order chi connectivity index (χ0) is 14.9. The van der Waals surface area contributed by atoms with E-state index in [1.165, 1.54) is 0 Å². The van der Waals surface area contributed by atoms with Crippen LogP contribution in [0.5, 0.6) is 11.5 Å². The van der Waals surface area contributed by atoms with E-state index < -0.39 is 18.1 Å². The van der Waals surface area contributed by atoms with Crippen molar-refractivity contribution >= 4 is 12.1 Å². The van der Waals surface area contributed by atoms with E-state index in [-0.39, 0.29) is 12.2 Å². The molecule has 1 amide bonds. The van der Waals surface area contributed by atoms with Crippen LogP contribution in [0.15, 0.2) is 18.2 Å². The molecular weight excluding hydrogens is 266 g/mol. The number of rotatable bonds is 3. The lowest BCUT2D eigenvalue weighted by molar-refractivity contribution is -0.140. The Morgan fingerprint density at radius 1 is 1.20 bits per heavy atom. The summed E-state index contributed by atoms with van der Waals surface area (Å²) in [4.78, 5) is 20.4. The molecule has 3 aliphatic heterocycles. The molecule has 1 aromatic carbocycles. The van der Waals surface area contributed by atoms with Crippen molar-refractivity contribution in [3.05, 3.63) is 23.8 Å². The highest BCUT2D eigenvalue weighted by Gasteiger charge is 2.33. The molecule has 3 N–H and O–H groups in total. The molecule has 3 heterocycles. The lowest BCUT2D eigenvalue weighted by Gasteiger charge is -2.14. The maximum absolute atomic E-state index is 10.4. The van der Waals surface area contributed by atoms with E-state index in [1.54, 1.807) is 13.8 Å². The van der Waals surface area contributed by atoms with Crippen molar-refractivity contribution in [1.82, 2.24) is 5.32 Å². The summed E-state index contributed by atoms with van der Waals surface area (Å²) >= 11 is 0. The Hall–Kier alpha value is -2.44. The van der Waals surface area contributed by atoms with Crippen LogP contribution in [-0.4, -0.2) is 28.3 Å². The minimum Gasteiger partial charge on any atom is -0.480 e. The highest BCUT2D eigenvalue weighted by atomic mass is 16.7. The van der Waals surface area contributed by atoms with Crippen LogP contribution in [0.25, 0.3) is 0 Å². The minimum atomic E-state index is -1.31. The monoisotopic (exact) mass is 281 g/mol. The van der Waals surface area contributed by atoms with Crippen molar-refractivity contribution in [3.8, 4) is 11.5 Å². The number of carbonyl (C=O) groups is 2. The summed E-state index contributed by atoms with van der Waals surface area (Å²) in [6.45, 7) is 3.27. The molecule has 7 heteroatoms. The molecule has 1 aromatic rings. The van der Waals surface area contributed by atoms with Crippen LogP contribution in [0.4, 0.5) is 4.79 Å². The summed E-state index contributed by atoms with van der Waals surface area (Å²) < 4.78 is 10.5. The van der Waals surface area contributed by atoms with E-state index in [1.807, 2.05) is 23.5 Å². The zero-order valence-corrected chi connectivity index (χ0v) is 11.0. The van der Waals surface area contributed by atoms with Crippen molar-refractivity contribution < 1.29 is 29.3 Å². The van der Waals surface area contributed by atoms with Gasteiger partial charge >= 0.3 is 12.1 Å². The Labute approximate surface area is 115 Å². The van der Waals surface area contributed by atoms with Crippen molar-refractivity contribution in [3.63, 3.8) is 0 Å². The summed E-state index contributed by atoms with van der Waals surface area (Å²) in [7, 11) is 0. The van der Waals surface area contributed by atoms with Gasteiger partial charge in [-0.05, 0) is 24.1 Å². The number of ether oxygens (including phenoxy) is 2. The molecule has 0 saturated carbocycles. The largest absolute Gasteiger partial charge is 0.480 e. The van der Waals surface area contributed by atoms with Gasteiger partial charge in [0, 0.05) is 5.56 Å². The molecule has 0 fully saturated rings. The van der Waals surface area contributed by atoms with E-state index in [2.05, 4.69) is 0 Å². The smallest absolute Gasteiger partial charge is 0.405 e. The first kappa shape index (κ1) is 14.0.